The lowest BCUT2D eigenvalue weighted by atomic mass is 9.88. The summed E-state index contributed by atoms with van der Waals surface area (Å²) >= 11 is 1.68. The molecule has 126 valence electrons. The molecule has 3 rings (SSSR count). The standard InChI is InChI=1S/C13H19N5OS.CH2O2/c1-17(2)12-15-11(19)13(16-12)3-5-18(6-4-13)8-10-7-14-9-20-10;2-1-3/h7,9H,3-6,8H2,1-2H3,(H,15,16,19);1H,(H,2,3). The van der Waals surface area contributed by atoms with Crippen LogP contribution in [0.3, 0.4) is 0 Å². The summed E-state index contributed by atoms with van der Waals surface area (Å²) in [4.78, 5) is 34.8. The lowest BCUT2D eigenvalue weighted by Crippen LogP contribution is -2.49. The molecule has 3 heterocycles. The number of aromatic nitrogens is 1. The van der Waals surface area contributed by atoms with Crippen LogP contribution in [-0.2, 0) is 16.1 Å². The van der Waals surface area contributed by atoms with Gasteiger partial charge in [0.15, 0.2) is 0 Å². The number of nitrogens with zero attached hydrogens (tertiary/aromatic N) is 4. The minimum Gasteiger partial charge on any atom is -0.483 e. The Bertz CT molecular complexity index is 565. The van der Waals surface area contributed by atoms with Crippen LogP contribution in [0.2, 0.25) is 0 Å². The predicted octanol–water partition coefficient (Wildman–Crippen LogP) is 0.226. The van der Waals surface area contributed by atoms with Gasteiger partial charge in [0.25, 0.3) is 12.4 Å². The second kappa shape index (κ2) is 7.51. The first-order valence-electron chi connectivity index (χ1n) is 7.27. The molecule has 0 bridgehead atoms. The summed E-state index contributed by atoms with van der Waals surface area (Å²) < 4.78 is 0. The van der Waals surface area contributed by atoms with Gasteiger partial charge in [-0.1, -0.05) is 0 Å². The molecule has 2 aliphatic rings. The van der Waals surface area contributed by atoms with Gasteiger partial charge in [-0.05, 0) is 12.8 Å². The Morgan fingerprint density at radius 2 is 2.13 bits per heavy atom. The van der Waals surface area contributed by atoms with Crippen molar-refractivity contribution in [1.29, 1.82) is 0 Å². The third-order valence-electron chi connectivity index (χ3n) is 3.94. The molecule has 1 amide bonds. The van der Waals surface area contributed by atoms with Crippen LogP contribution in [0.25, 0.3) is 0 Å². The largest absolute Gasteiger partial charge is 0.483 e. The highest BCUT2D eigenvalue weighted by Crippen LogP contribution is 2.30. The molecule has 9 heteroatoms. The fourth-order valence-corrected chi connectivity index (χ4v) is 3.31. The van der Waals surface area contributed by atoms with Crippen LogP contribution in [0.15, 0.2) is 16.7 Å². The molecule has 0 aromatic carbocycles. The fraction of sp³-hybridized carbons (Fsp3) is 0.571. The summed E-state index contributed by atoms with van der Waals surface area (Å²) in [5.74, 6) is 0.740. The Morgan fingerprint density at radius 1 is 1.48 bits per heavy atom. The van der Waals surface area contributed by atoms with Gasteiger partial charge < -0.3 is 10.0 Å². The van der Waals surface area contributed by atoms with Crippen molar-refractivity contribution in [3.63, 3.8) is 0 Å². The molecule has 1 aromatic rings. The summed E-state index contributed by atoms with van der Waals surface area (Å²) in [6.07, 6.45) is 3.49. The number of carbonyl (C=O) groups excluding carboxylic acids is 1. The molecule has 8 nitrogen and oxygen atoms in total. The van der Waals surface area contributed by atoms with E-state index in [0.29, 0.717) is 5.96 Å². The zero-order valence-electron chi connectivity index (χ0n) is 13.2. The number of aliphatic imine (C=N–C) groups is 1. The lowest BCUT2D eigenvalue weighted by Gasteiger charge is -2.35. The Kier molecular flexibility index (Phi) is 5.67. The lowest BCUT2D eigenvalue weighted by molar-refractivity contribution is -0.125. The highest BCUT2D eigenvalue weighted by Gasteiger charge is 2.46. The molecule has 0 unspecified atom stereocenters. The van der Waals surface area contributed by atoms with Crippen molar-refractivity contribution in [3.8, 4) is 0 Å². The van der Waals surface area contributed by atoms with E-state index in [1.165, 1.54) is 4.88 Å². The summed E-state index contributed by atoms with van der Waals surface area (Å²) in [7, 11) is 3.80. The minimum atomic E-state index is -0.538. The molecule has 1 aromatic heterocycles. The van der Waals surface area contributed by atoms with Crippen molar-refractivity contribution in [2.24, 2.45) is 4.99 Å². The SMILES string of the molecule is CN(C)C1=NC2(CCN(Cc3cncs3)CC2)C(=O)N1.O=CO. The predicted molar refractivity (Wildman–Crippen MR) is 87.3 cm³/mol. The number of hydrogen-bond acceptors (Lipinski definition) is 7. The molecule has 0 radical (unpaired) electrons. The summed E-state index contributed by atoms with van der Waals surface area (Å²) in [6.45, 7) is 2.47. The maximum absolute atomic E-state index is 12.2. The van der Waals surface area contributed by atoms with E-state index < -0.39 is 5.54 Å². The highest BCUT2D eigenvalue weighted by molar-refractivity contribution is 7.09. The van der Waals surface area contributed by atoms with E-state index in [1.54, 1.807) is 11.3 Å². The van der Waals surface area contributed by atoms with Crippen LogP contribution < -0.4 is 5.32 Å². The number of likely N-dealkylation sites (tertiary alicyclic amines) is 1. The Hall–Kier alpha value is -2.00. The van der Waals surface area contributed by atoms with E-state index >= 15 is 0 Å². The maximum atomic E-state index is 12.2. The van der Waals surface area contributed by atoms with Crippen LogP contribution in [0, 0.1) is 0 Å². The first-order chi connectivity index (χ1) is 11.0. The molecule has 1 saturated heterocycles. The number of nitrogens with one attached hydrogen (secondary N) is 1. The van der Waals surface area contributed by atoms with Gasteiger partial charge in [-0.3, -0.25) is 24.8 Å². The van der Waals surface area contributed by atoms with Crippen molar-refractivity contribution in [2.45, 2.75) is 24.9 Å². The average Bonchev–Trinajstić information content (AvgIpc) is 3.12. The Balaban J connectivity index is 0.000000595. The van der Waals surface area contributed by atoms with Crippen LogP contribution in [0.5, 0.6) is 0 Å². The quantitative estimate of drug-likeness (QED) is 0.748. The molecular formula is C14H21N5O3S. The van der Waals surface area contributed by atoms with Crippen molar-refractivity contribution in [3.05, 3.63) is 16.6 Å². The van der Waals surface area contributed by atoms with Gasteiger partial charge >= 0.3 is 0 Å². The second-order valence-corrected chi connectivity index (χ2v) is 6.64. The first-order valence-corrected chi connectivity index (χ1v) is 8.15. The van der Waals surface area contributed by atoms with Gasteiger partial charge in [-0.15, -0.1) is 11.3 Å². The molecule has 0 atom stereocenters. The number of guanidine groups is 1. The molecule has 1 spiro atoms. The van der Waals surface area contributed by atoms with Gasteiger partial charge in [-0.2, -0.15) is 0 Å². The molecule has 0 aliphatic carbocycles. The van der Waals surface area contributed by atoms with Gasteiger partial charge in [0, 0.05) is 44.8 Å². The molecule has 1 fully saturated rings. The highest BCUT2D eigenvalue weighted by atomic mass is 32.1. The van der Waals surface area contributed by atoms with Gasteiger partial charge in [0.05, 0.1) is 5.51 Å². The van der Waals surface area contributed by atoms with E-state index in [1.807, 2.05) is 30.7 Å². The average molecular weight is 339 g/mol. The van der Waals surface area contributed by atoms with E-state index in [-0.39, 0.29) is 12.4 Å². The topological polar surface area (TPSA) is 98.1 Å². The van der Waals surface area contributed by atoms with Crippen LogP contribution in [0.4, 0.5) is 0 Å². The molecule has 23 heavy (non-hydrogen) atoms. The third-order valence-corrected chi connectivity index (χ3v) is 4.70. The normalized spacial score (nSPS) is 19.6. The number of thiazole rings is 1. The van der Waals surface area contributed by atoms with Gasteiger partial charge in [0.2, 0.25) is 5.96 Å². The second-order valence-electron chi connectivity index (χ2n) is 5.66. The van der Waals surface area contributed by atoms with E-state index in [4.69, 9.17) is 9.90 Å². The number of amides is 1. The van der Waals surface area contributed by atoms with Crippen molar-refractivity contribution >= 4 is 29.7 Å². The van der Waals surface area contributed by atoms with E-state index in [0.717, 1.165) is 32.5 Å². The number of carboxylic acid groups (broad SMARTS) is 1. The molecule has 0 saturated carbocycles. The third kappa shape index (κ3) is 4.05. The van der Waals surface area contributed by atoms with Crippen molar-refractivity contribution in [1.82, 2.24) is 20.1 Å². The molecule has 2 N–H and O–H groups in total. The van der Waals surface area contributed by atoms with Gasteiger partial charge in [-0.25, -0.2) is 4.99 Å². The number of piperidine rings is 1. The smallest absolute Gasteiger partial charge is 0.290 e. The van der Waals surface area contributed by atoms with Crippen molar-refractivity contribution in [2.75, 3.05) is 27.2 Å². The Morgan fingerprint density at radius 3 is 2.61 bits per heavy atom. The van der Waals surface area contributed by atoms with Gasteiger partial charge in [0.1, 0.15) is 5.54 Å². The zero-order valence-corrected chi connectivity index (χ0v) is 14.0. The van der Waals surface area contributed by atoms with Crippen LogP contribution >= 0.6 is 11.3 Å². The summed E-state index contributed by atoms with van der Waals surface area (Å²) in [6, 6.07) is 0. The summed E-state index contributed by atoms with van der Waals surface area (Å²) in [5.41, 5.74) is 1.32. The number of hydrogen-bond donors (Lipinski definition) is 2. The Labute approximate surface area is 138 Å². The molecule has 2 aliphatic heterocycles. The van der Waals surface area contributed by atoms with Crippen LogP contribution in [0.1, 0.15) is 17.7 Å². The van der Waals surface area contributed by atoms with E-state index in [9.17, 15) is 4.79 Å². The first kappa shape index (κ1) is 17.4. The fourth-order valence-electron chi connectivity index (χ4n) is 2.67. The maximum Gasteiger partial charge on any atom is 0.290 e. The minimum absolute atomic E-state index is 0.0543. The van der Waals surface area contributed by atoms with Crippen LogP contribution in [-0.4, -0.2) is 71.0 Å². The van der Waals surface area contributed by atoms with Crippen molar-refractivity contribution < 1.29 is 14.7 Å². The zero-order chi connectivity index (χ0) is 16.9. The molecular weight excluding hydrogens is 318 g/mol. The summed E-state index contributed by atoms with van der Waals surface area (Å²) in [5, 5.41) is 9.77. The monoisotopic (exact) mass is 339 g/mol. The number of carbonyl (C=O) groups is 2. The number of rotatable bonds is 2. The van der Waals surface area contributed by atoms with E-state index in [2.05, 4.69) is 20.2 Å².